The van der Waals surface area contributed by atoms with Gasteiger partial charge in [-0.2, -0.15) is 0 Å². The van der Waals surface area contributed by atoms with Crippen molar-refractivity contribution in [3.05, 3.63) is 29.5 Å². The number of nitrogen functional groups attached to an aromatic ring is 1. The fourth-order valence-electron chi connectivity index (χ4n) is 2.03. The van der Waals surface area contributed by atoms with Crippen LogP contribution >= 0.6 is 0 Å². The topological polar surface area (TPSA) is 61.3 Å². The van der Waals surface area contributed by atoms with Gasteiger partial charge in [0.2, 0.25) is 5.88 Å². The summed E-state index contributed by atoms with van der Waals surface area (Å²) < 4.78 is 10.4. The number of hydrogen-bond donors (Lipinski definition) is 1. The molecule has 1 heterocycles. The smallest absolute Gasteiger partial charge is 0.230 e. The summed E-state index contributed by atoms with van der Waals surface area (Å²) in [5.41, 5.74) is 9.73. The number of anilines is 1. The maximum Gasteiger partial charge on any atom is 0.230 e. The van der Waals surface area contributed by atoms with Gasteiger partial charge in [0.15, 0.2) is 0 Å². The molecule has 1 aromatic carbocycles. The molecule has 0 spiro atoms. The highest BCUT2D eigenvalue weighted by atomic mass is 16.5. The Morgan fingerprint density at radius 2 is 2.17 bits per heavy atom. The summed E-state index contributed by atoms with van der Waals surface area (Å²) in [6, 6.07) is 5.99. The van der Waals surface area contributed by atoms with E-state index in [0.29, 0.717) is 5.88 Å². The second-order valence-corrected chi connectivity index (χ2v) is 4.30. The summed E-state index contributed by atoms with van der Waals surface area (Å²) in [5, 5.41) is 4.02. The molecule has 0 saturated heterocycles. The lowest BCUT2D eigenvalue weighted by molar-refractivity contribution is 0.412. The Morgan fingerprint density at radius 1 is 1.39 bits per heavy atom. The molecule has 1 aromatic heterocycles. The molecule has 0 aliphatic carbocycles. The minimum Gasteiger partial charge on any atom is -0.496 e. The molecule has 0 fully saturated rings. The fraction of sp³-hybridized carbons (Fsp3) is 0.357. The molecule has 2 aromatic rings. The number of nitrogens with two attached hydrogens (primary N) is 1. The van der Waals surface area contributed by atoms with E-state index in [9.17, 15) is 0 Å². The molecule has 2 rings (SSSR count). The van der Waals surface area contributed by atoms with Crippen molar-refractivity contribution in [2.45, 2.75) is 26.7 Å². The average molecular weight is 246 g/mol. The number of aromatic nitrogens is 1. The van der Waals surface area contributed by atoms with Gasteiger partial charge in [0.1, 0.15) is 5.75 Å². The summed E-state index contributed by atoms with van der Waals surface area (Å²) in [6.45, 7) is 4.11. The first-order chi connectivity index (χ1) is 8.67. The van der Waals surface area contributed by atoms with Crippen molar-refractivity contribution in [1.29, 1.82) is 0 Å². The first-order valence-electron chi connectivity index (χ1n) is 6.06. The predicted octanol–water partition coefficient (Wildman–Crippen LogP) is 3.19. The molecule has 18 heavy (non-hydrogen) atoms. The zero-order valence-corrected chi connectivity index (χ0v) is 11.0. The third-order valence-electron chi connectivity index (χ3n) is 2.97. The van der Waals surface area contributed by atoms with Crippen LogP contribution in [0.1, 0.15) is 24.6 Å². The number of rotatable bonds is 4. The third kappa shape index (κ3) is 2.18. The van der Waals surface area contributed by atoms with Gasteiger partial charge in [0.25, 0.3) is 0 Å². The van der Waals surface area contributed by atoms with Crippen molar-refractivity contribution < 1.29 is 9.26 Å². The Morgan fingerprint density at radius 3 is 2.83 bits per heavy atom. The molecule has 0 radical (unpaired) electrons. The SMILES string of the molecule is CCCc1noc(N)c1-c1ccc(C)c(OC)c1. The first kappa shape index (κ1) is 12.5. The van der Waals surface area contributed by atoms with Crippen LogP contribution in [0.15, 0.2) is 22.7 Å². The van der Waals surface area contributed by atoms with Gasteiger partial charge in [0.05, 0.1) is 18.4 Å². The summed E-state index contributed by atoms with van der Waals surface area (Å²) in [4.78, 5) is 0. The van der Waals surface area contributed by atoms with Crippen LogP contribution in [0.5, 0.6) is 5.75 Å². The zero-order valence-electron chi connectivity index (χ0n) is 11.0. The van der Waals surface area contributed by atoms with Crippen LogP contribution in [-0.2, 0) is 6.42 Å². The fourth-order valence-corrected chi connectivity index (χ4v) is 2.03. The van der Waals surface area contributed by atoms with Crippen molar-refractivity contribution in [2.24, 2.45) is 0 Å². The molecule has 0 atom stereocenters. The number of nitrogens with zero attached hydrogens (tertiary/aromatic N) is 1. The molecule has 96 valence electrons. The van der Waals surface area contributed by atoms with E-state index in [2.05, 4.69) is 12.1 Å². The molecular formula is C14H18N2O2. The number of benzene rings is 1. The van der Waals surface area contributed by atoms with Crippen molar-refractivity contribution in [1.82, 2.24) is 5.16 Å². The number of hydrogen-bond acceptors (Lipinski definition) is 4. The van der Waals surface area contributed by atoms with Crippen LogP contribution in [-0.4, -0.2) is 12.3 Å². The van der Waals surface area contributed by atoms with E-state index in [1.54, 1.807) is 7.11 Å². The molecule has 0 bridgehead atoms. The van der Waals surface area contributed by atoms with Gasteiger partial charge >= 0.3 is 0 Å². The molecule has 0 unspecified atom stereocenters. The van der Waals surface area contributed by atoms with Crippen molar-refractivity contribution >= 4 is 5.88 Å². The van der Waals surface area contributed by atoms with Crippen molar-refractivity contribution in [2.75, 3.05) is 12.8 Å². The maximum atomic E-state index is 5.86. The second kappa shape index (κ2) is 5.12. The first-order valence-corrected chi connectivity index (χ1v) is 6.06. The molecule has 2 N–H and O–H groups in total. The largest absolute Gasteiger partial charge is 0.496 e. The lowest BCUT2D eigenvalue weighted by Crippen LogP contribution is -1.93. The Kier molecular flexibility index (Phi) is 3.55. The lowest BCUT2D eigenvalue weighted by atomic mass is 10.0. The van der Waals surface area contributed by atoms with E-state index >= 15 is 0 Å². The molecular weight excluding hydrogens is 228 g/mol. The van der Waals surface area contributed by atoms with E-state index < -0.39 is 0 Å². The Labute approximate surface area is 107 Å². The van der Waals surface area contributed by atoms with Crippen LogP contribution in [0.25, 0.3) is 11.1 Å². The lowest BCUT2D eigenvalue weighted by Gasteiger charge is -2.07. The summed E-state index contributed by atoms with van der Waals surface area (Å²) in [7, 11) is 1.66. The van der Waals surface area contributed by atoms with E-state index in [-0.39, 0.29) is 0 Å². The van der Waals surface area contributed by atoms with E-state index in [0.717, 1.165) is 41.0 Å². The van der Waals surface area contributed by atoms with Gasteiger partial charge in [-0.3, -0.25) is 0 Å². The molecule has 0 saturated carbocycles. The van der Waals surface area contributed by atoms with Gasteiger partial charge in [0, 0.05) is 0 Å². The highest BCUT2D eigenvalue weighted by Crippen LogP contribution is 2.33. The monoisotopic (exact) mass is 246 g/mol. The zero-order chi connectivity index (χ0) is 13.1. The minimum absolute atomic E-state index is 0.365. The summed E-state index contributed by atoms with van der Waals surface area (Å²) in [5.74, 6) is 1.21. The van der Waals surface area contributed by atoms with E-state index in [1.807, 2.05) is 25.1 Å². The van der Waals surface area contributed by atoms with Crippen molar-refractivity contribution in [3.8, 4) is 16.9 Å². The summed E-state index contributed by atoms with van der Waals surface area (Å²) >= 11 is 0. The standard InChI is InChI=1S/C14H18N2O2/c1-4-5-11-13(14(15)18-16-11)10-7-6-9(2)12(8-10)17-3/h6-8H,4-5,15H2,1-3H3. The highest BCUT2D eigenvalue weighted by Gasteiger charge is 2.16. The predicted molar refractivity (Wildman–Crippen MR) is 71.6 cm³/mol. The number of aryl methyl sites for hydroxylation is 2. The van der Waals surface area contributed by atoms with Gasteiger partial charge in [-0.25, -0.2) is 0 Å². The number of ether oxygens (including phenoxy) is 1. The molecule has 0 aliphatic rings. The summed E-state index contributed by atoms with van der Waals surface area (Å²) in [6.07, 6.45) is 1.86. The van der Waals surface area contributed by atoms with Gasteiger partial charge in [-0.05, 0) is 30.5 Å². The molecule has 4 heteroatoms. The Bertz CT molecular complexity index is 547. The minimum atomic E-state index is 0.365. The van der Waals surface area contributed by atoms with E-state index in [1.165, 1.54) is 0 Å². The van der Waals surface area contributed by atoms with Crippen LogP contribution in [0.3, 0.4) is 0 Å². The normalized spacial score (nSPS) is 10.6. The van der Waals surface area contributed by atoms with Crippen LogP contribution in [0, 0.1) is 6.92 Å². The van der Waals surface area contributed by atoms with Crippen molar-refractivity contribution in [3.63, 3.8) is 0 Å². The van der Waals surface area contributed by atoms with E-state index in [4.69, 9.17) is 15.0 Å². The maximum absolute atomic E-state index is 5.86. The van der Waals surface area contributed by atoms with Gasteiger partial charge in [-0.1, -0.05) is 30.6 Å². The molecule has 0 amide bonds. The quantitative estimate of drug-likeness (QED) is 0.899. The van der Waals surface area contributed by atoms with Gasteiger partial charge < -0.3 is 15.0 Å². The third-order valence-corrected chi connectivity index (χ3v) is 2.97. The Hall–Kier alpha value is -1.97. The average Bonchev–Trinajstić information content (AvgIpc) is 2.72. The Balaban J connectivity index is 2.51. The van der Waals surface area contributed by atoms with Crippen LogP contribution in [0.2, 0.25) is 0 Å². The molecule has 4 nitrogen and oxygen atoms in total. The number of methoxy groups -OCH3 is 1. The van der Waals surface area contributed by atoms with Crippen LogP contribution in [0.4, 0.5) is 5.88 Å². The highest BCUT2D eigenvalue weighted by molar-refractivity contribution is 5.76. The van der Waals surface area contributed by atoms with Crippen LogP contribution < -0.4 is 10.5 Å². The van der Waals surface area contributed by atoms with Gasteiger partial charge in [-0.15, -0.1) is 0 Å². The second-order valence-electron chi connectivity index (χ2n) is 4.30. The molecule has 0 aliphatic heterocycles.